The van der Waals surface area contributed by atoms with Crippen molar-refractivity contribution in [2.24, 2.45) is 15.9 Å². The van der Waals surface area contributed by atoms with Crippen molar-refractivity contribution >= 4 is 42.0 Å². The molecule has 0 saturated heterocycles. The monoisotopic (exact) mass is 744 g/mol. The van der Waals surface area contributed by atoms with Gasteiger partial charge in [-0.15, -0.1) is 29.8 Å². The second-order valence-corrected chi connectivity index (χ2v) is 15.5. The maximum atomic E-state index is 11.9. The number of anilines is 2. The van der Waals surface area contributed by atoms with Crippen molar-refractivity contribution < 1.29 is 19.1 Å². The standard InChI is InChI=1S/C15H24N6O.C13H19N3O2.C7H13N3O.ClH/c1-15(2,3)7-13(22)10-21-9-12(19-20-21)6-4-5-11-8-17-14(16)18-11;1-5-6-7-8-10-9-16(11(14)15-10)12(17)18-13(2,3)4;1-7(2,3)4-6(11)5-9-10-8;/h8-9H,4-7,10H2,1-3H3,(H3,16,17,18);1,9H,6-8H2,2-4H3,(H2,14,15);4-5H2,1-3H3;1H. The van der Waals surface area contributed by atoms with Gasteiger partial charge in [0.05, 0.1) is 24.1 Å². The van der Waals surface area contributed by atoms with Crippen molar-refractivity contribution in [2.75, 3.05) is 18.0 Å². The summed E-state index contributed by atoms with van der Waals surface area (Å²) in [6.07, 6.45) is 15.7. The summed E-state index contributed by atoms with van der Waals surface area (Å²) < 4.78 is 8.06. The molecule has 17 heteroatoms. The van der Waals surface area contributed by atoms with Gasteiger partial charge in [-0.2, -0.15) is 0 Å². The van der Waals surface area contributed by atoms with E-state index < -0.39 is 11.7 Å². The van der Waals surface area contributed by atoms with Crippen LogP contribution in [-0.4, -0.2) is 64.3 Å². The minimum atomic E-state index is -0.558. The first-order valence-corrected chi connectivity index (χ1v) is 16.8. The zero-order chi connectivity index (χ0) is 38.8. The van der Waals surface area contributed by atoms with Crippen LogP contribution in [0.2, 0.25) is 0 Å². The third-order valence-corrected chi connectivity index (χ3v) is 6.34. The van der Waals surface area contributed by atoms with E-state index in [1.54, 1.807) is 37.8 Å². The van der Waals surface area contributed by atoms with Gasteiger partial charge in [-0.1, -0.05) is 51.9 Å². The molecule has 0 unspecified atom stereocenters. The van der Waals surface area contributed by atoms with Crippen LogP contribution < -0.4 is 11.5 Å². The first kappa shape index (κ1) is 47.1. The highest BCUT2D eigenvalue weighted by Crippen LogP contribution is 2.20. The number of Topliss-reactive ketones (excluding diaryl/α,β-unsaturated/α-hetero) is 2. The normalized spacial score (nSPS) is 11.0. The third-order valence-electron chi connectivity index (χ3n) is 6.34. The van der Waals surface area contributed by atoms with Gasteiger partial charge in [0, 0.05) is 42.3 Å². The fourth-order valence-electron chi connectivity index (χ4n) is 4.47. The number of hydrogen-bond donors (Lipinski definition) is 3. The Morgan fingerprint density at radius 3 is 2.12 bits per heavy atom. The lowest BCUT2D eigenvalue weighted by Crippen LogP contribution is -2.27. The first-order chi connectivity index (χ1) is 23.6. The molecule has 16 nitrogen and oxygen atoms in total. The number of unbranched alkanes of at least 4 members (excludes halogenated alkanes) is 1. The number of carbonyl (C=O) groups excluding carboxylic acids is 3. The molecule has 3 aromatic rings. The number of hydrogen-bond acceptors (Lipinski definition) is 11. The van der Waals surface area contributed by atoms with Crippen LogP contribution in [-0.2, 0) is 40.1 Å². The molecule has 0 amide bonds. The summed E-state index contributed by atoms with van der Waals surface area (Å²) in [7, 11) is 0. The van der Waals surface area contributed by atoms with Crippen molar-refractivity contribution in [2.45, 2.75) is 126 Å². The Kier molecular flexibility index (Phi) is 20.1. The summed E-state index contributed by atoms with van der Waals surface area (Å²) in [4.78, 5) is 48.3. The predicted octanol–water partition coefficient (Wildman–Crippen LogP) is 6.69. The molecule has 0 aromatic carbocycles. The lowest BCUT2D eigenvalue weighted by Gasteiger charge is -2.19. The molecule has 288 valence electrons. The van der Waals surface area contributed by atoms with Gasteiger partial charge >= 0.3 is 6.09 Å². The lowest BCUT2D eigenvalue weighted by atomic mass is 9.90. The van der Waals surface area contributed by atoms with Gasteiger partial charge in [0.2, 0.25) is 5.95 Å². The van der Waals surface area contributed by atoms with Crippen LogP contribution >= 0.6 is 12.4 Å². The van der Waals surface area contributed by atoms with Crippen LogP contribution in [0.1, 0.15) is 111 Å². The number of terminal acetylenes is 1. The average molecular weight is 745 g/mol. The predicted molar refractivity (Wildman–Crippen MR) is 205 cm³/mol. The number of nitrogens with one attached hydrogen (secondary N) is 1. The molecule has 3 aromatic heterocycles. The Morgan fingerprint density at radius 1 is 0.962 bits per heavy atom. The summed E-state index contributed by atoms with van der Waals surface area (Å²) in [5, 5.41) is 11.3. The van der Waals surface area contributed by atoms with Gasteiger partial charge < -0.3 is 21.2 Å². The van der Waals surface area contributed by atoms with Crippen LogP contribution in [0.15, 0.2) is 23.7 Å². The van der Waals surface area contributed by atoms with Gasteiger partial charge in [0.1, 0.15) is 17.9 Å². The molecular weight excluding hydrogens is 688 g/mol. The summed E-state index contributed by atoms with van der Waals surface area (Å²) in [6.45, 7) is 17.8. The van der Waals surface area contributed by atoms with Gasteiger partial charge in [0.25, 0.3) is 0 Å². The smallest absolute Gasteiger partial charge is 0.421 e. The summed E-state index contributed by atoms with van der Waals surface area (Å²) in [6, 6.07) is 0. The van der Waals surface area contributed by atoms with Crippen LogP contribution in [0.4, 0.5) is 16.7 Å². The molecule has 0 aliphatic carbocycles. The Labute approximate surface area is 313 Å². The van der Waals surface area contributed by atoms with Crippen LogP contribution in [0, 0.1) is 23.2 Å². The quantitative estimate of drug-likeness (QED) is 0.0550. The molecule has 3 rings (SSSR count). The van der Waals surface area contributed by atoms with E-state index in [4.69, 9.17) is 28.2 Å². The fourth-order valence-corrected chi connectivity index (χ4v) is 4.47. The Balaban J connectivity index is 0.000000785. The lowest BCUT2D eigenvalue weighted by molar-refractivity contribution is -0.121. The topological polar surface area (TPSA) is 238 Å². The van der Waals surface area contributed by atoms with E-state index in [2.05, 4.69) is 62.0 Å². The van der Waals surface area contributed by atoms with Crippen LogP contribution in [0.5, 0.6) is 0 Å². The fraction of sp³-hybridized carbons (Fsp3) is 0.629. The van der Waals surface area contributed by atoms with Crippen molar-refractivity contribution in [3.8, 4) is 12.3 Å². The molecule has 0 radical (unpaired) electrons. The molecule has 3 heterocycles. The van der Waals surface area contributed by atoms with Crippen molar-refractivity contribution in [3.63, 3.8) is 0 Å². The highest BCUT2D eigenvalue weighted by atomic mass is 35.5. The number of aromatic amines is 1. The van der Waals surface area contributed by atoms with Gasteiger partial charge in [-0.05, 0) is 69.2 Å². The maximum absolute atomic E-state index is 11.9. The number of nitrogen functional groups attached to an aromatic ring is 2. The molecular formula is C35H57ClN12O4. The van der Waals surface area contributed by atoms with E-state index in [0.717, 1.165) is 42.8 Å². The zero-order valence-corrected chi connectivity index (χ0v) is 32.9. The zero-order valence-electron chi connectivity index (χ0n) is 32.1. The van der Waals surface area contributed by atoms with E-state index >= 15 is 0 Å². The number of ketones is 2. The third kappa shape index (κ3) is 22.1. The number of imidazole rings is 2. The second-order valence-electron chi connectivity index (χ2n) is 15.5. The minimum Gasteiger partial charge on any atom is -0.443 e. The number of nitrogens with zero attached hydrogens (tertiary/aromatic N) is 9. The molecule has 0 aliphatic heterocycles. The molecule has 0 aliphatic rings. The molecule has 52 heavy (non-hydrogen) atoms. The van der Waals surface area contributed by atoms with Gasteiger partial charge in [-0.25, -0.2) is 24.0 Å². The minimum absolute atomic E-state index is 0. The number of rotatable bonds is 13. The van der Waals surface area contributed by atoms with Gasteiger partial charge in [-0.3, -0.25) is 9.59 Å². The summed E-state index contributed by atoms with van der Waals surface area (Å²) in [5.41, 5.74) is 21.2. The Hall–Kier alpha value is -4.87. The number of aromatic nitrogens is 7. The number of ether oxygens (including phenoxy) is 1. The number of azide groups is 1. The SMILES string of the molecule is C#CCCCc1cn(C(=O)OC(C)(C)C)c(N)n1.CC(C)(C)CC(=O)CN=[N+]=[N-].CC(C)(C)CC(=O)Cn1cc(CCCc2cnc(N)[nH]2)nn1.Cl. The molecule has 0 saturated carbocycles. The van der Waals surface area contributed by atoms with E-state index in [-0.39, 0.29) is 47.3 Å². The number of aryl methyl sites for hydroxylation is 3. The Bertz CT molecular complexity index is 1640. The molecule has 0 atom stereocenters. The number of carbonyl (C=O) groups is 3. The average Bonchev–Trinajstić information content (AvgIpc) is 3.70. The van der Waals surface area contributed by atoms with Crippen molar-refractivity contribution in [1.82, 2.24) is 34.5 Å². The van der Waals surface area contributed by atoms with Crippen LogP contribution in [0.3, 0.4) is 0 Å². The summed E-state index contributed by atoms with van der Waals surface area (Å²) in [5.74, 6) is 3.31. The highest BCUT2D eigenvalue weighted by Gasteiger charge is 2.20. The maximum Gasteiger partial charge on any atom is 0.421 e. The van der Waals surface area contributed by atoms with Crippen molar-refractivity contribution in [3.05, 3.63) is 46.1 Å². The van der Waals surface area contributed by atoms with E-state index in [1.165, 1.54) is 4.57 Å². The molecule has 0 fully saturated rings. The molecule has 5 N–H and O–H groups in total. The van der Waals surface area contributed by atoms with E-state index in [9.17, 15) is 14.4 Å². The number of halogens is 1. The molecule has 0 spiro atoms. The van der Waals surface area contributed by atoms with E-state index in [0.29, 0.717) is 38.2 Å². The van der Waals surface area contributed by atoms with Gasteiger partial charge in [0.15, 0.2) is 11.7 Å². The molecule has 0 bridgehead atoms. The number of nitrogens with two attached hydrogens (primary N) is 2. The van der Waals surface area contributed by atoms with Crippen molar-refractivity contribution in [1.29, 1.82) is 0 Å². The Morgan fingerprint density at radius 2 is 1.58 bits per heavy atom. The van der Waals surface area contributed by atoms with E-state index in [1.807, 2.05) is 27.0 Å². The highest BCUT2D eigenvalue weighted by molar-refractivity contribution is 5.85. The van der Waals surface area contributed by atoms with Crippen LogP contribution in [0.25, 0.3) is 10.4 Å². The first-order valence-electron chi connectivity index (χ1n) is 16.8. The summed E-state index contributed by atoms with van der Waals surface area (Å²) >= 11 is 0. The second kappa shape index (κ2) is 22.1. The largest absolute Gasteiger partial charge is 0.443 e. The number of H-pyrrole nitrogens is 1.